The number of carbonyl (C=O) groups is 2. The molecule has 0 aliphatic rings. The van der Waals surface area contributed by atoms with Crippen LogP contribution in [0.1, 0.15) is 32.3 Å². The minimum atomic E-state index is -3.32. The number of nitrogens with one attached hydrogen (secondary N) is 2. The van der Waals surface area contributed by atoms with Crippen LogP contribution in [0.15, 0.2) is 30.3 Å². The number of hydrogen-bond acceptors (Lipinski definition) is 9. The highest BCUT2D eigenvalue weighted by molar-refractivity contribution is 7.90. The summed E-state index contributed by atoms with van der Waals surface area (Å²) in [5.74, 6) is -1.15. The number of esters is 1. The van der Waals surface area contributed by atoms with Gasteiger partial charge in [0.15, 0.2) is 0 Å². The highest BCUT2D eigenvalue weighted by Crippen LogP contribution is 2.13. The van der Waals surface area contributed by atoms with Crippen LogP contribution in [0.25, 0.3) is 0 Å². The molecule has 11 heteroatoms. The molecular formula is C24H43N3O6S2. The molecule has 0 aromatic heterocycles. The molecule has 0 aliphatic heterocycles. The van der Waals surface area contributed by atoms with Gasteiger partial charge in [-0.1, -0.05) is 50.6 Å². The van der Waals surface area contributed by atoms with Crippen molar-refractivity contribution in [2.75, 3.05) is 45.1 Å². The van der Waals surface area contributed by atoms with E-state index in [2.05, 4.69) is 37.1 Å². The van der Waals surface area contributed by atoms with Crippen LogP contribution in [0.2, 0.25) is 0 Å². The van der Waals surface area contributed by atoms with Crippen molar-refractivity contribution in [1.82, 2.24) is 10.6 Å². The van der Waals surface area contributed by atoms with Gasteiger partial charge in [-0.05, 0) is 24.2 Å². The number of ether oxygens (including phenoxy) is 2. The third-order valence-electron chi connectivity index (χ3n) is 5.49. The lowest BCUT2D eigenvalue weighted by molar-refractivity contribution is -0.147. The van der Waals surface area contributed by atoms with Gasteiger partial charge in [0, 0.05) is 31.8 Å². The van der Waals surface area contributed by atoms with Gasteiger partial charge >= 0.3 is 5.97 Å². The zero-order valence-electron chi connectivity index (χ0n) is 21.5. The van der Waals surface area contributed by atoms with Crippen LogP contribution in [-0.2, 0) is 35.3 Å². The summed E-state index contributed by atoms with van der Waals surface area (Å²) in [7, 11) is -2.12. The predicted molar refractivity (Wildman–Crippen MR) is 143 cm³/mol. The Labute approximate surface area is 216 Å². The summed E-state index contributed by atoms with van der Waals surface area (Å²) in [6, 6.07) is 8.34. The molecule has 0 spiro atoms. The smallest absolute Gasteiger partial charge is 0.328 e. The van der Waals surface area contributed by atoms with E-state index in [0.29, 0.717) is 25.4 Å². The van der Waals surface area contributed by atoms with E-state index in [-0.39, 0.29) is 24.8 Å². The first-order valence-electron chi connectivity index (χ1n) is 11.7. The van der Waals surface area contributed by atoms with Gasteiger partial charge in [-0.2, -0.15) is 12.6 Å². The quantitative estimate of drug-likeness (QED) is 0.184. The number of thiol groups is 1. The molecule has 35 heavy (non-hydrogen) atoms. The highest BCUT2D eigenvalue weighted by atomic mass is 32.2. The second-order valence-electron chi connectivity index (χ2n) is 8.25. The number of benzene rings is 1. The van der Waals surface area contributed by atoms with Crippen molar-refractivity contribution in [3.05, 3.63) is 35.9 Å². The van der Waals surface area contributed by atoms with Crippen LogP contribution in [0.4, 0.5) is 0 Å². The summed E-state index contributed by atoms with van der Waals surface area (Å²) < 4.78 is 33.9. The molecule has 0 fully saturated rings. The van der Waals surface area contributed by atoms with Crippen molar-refractivity contribution in [1.29, 1.82) is 0 Å². The van der Waals surface area contributed by atoms with E-state index in [0.717, 1.165) is 18.2 Å². The third kappa shape index (κ3) is 14.5. The summed E-state index contributed by atoms with van der Waals surface area (Å²) >= 11 is 3.53. The third-order valence-corrected chi connectivity index (χ3v) is 6.47. The number of rotatable bonds is 16. The number of nitrogens with two attached hydrogens (primary N) is 1. The molecule has 1 amide bonds. The fourth-order valence-corrected chi connectivity index (χ4v) is 3.90. The van der Waals surface area contributed by atoms with Crippen molar-refractivity contribution in [2.45, 2.75) is 51.3 Å². The summed E-state index contributed by atoms with van der Waals surface area (Å²) in [6.45, 7) is 5.58. The molecule has 9 nitrogen and oxygen atoms in total. The summed E-state index contributed by atoms with van der Waals surface area (Å²) in [5.41, 5.74) is 6.53. The number of methoxy groups -OCH3 is 1. The lowest BCUT2D eigenvalue weighted by Gasteiger charge is -2.27. The molecule has 0 saturated heterocycles. The van der Waals surface area contributed by atoms with Gasteiger partial charge < -0.3 is 25.8 Å². The number of carbonyl (C=O) groups excluding carboxylic acids is 2. The van der Waals surface area contributed by atoms with Crippen LogP contribution in [0.5, 0.6) is 0 Å². The largest absolute Gasteiger partial charge is 0.467 e. The van der Waals surface area contributed by atoms with E-state index in [4.69, 9.17) is 15.2 Å². The van der Waals surface area contributed by atoms with E-state index in [9.17, 15) is 18.0 Å². The molecule has 4 N–H and O–H groups in total. The van der Waals surface area contributed by atoms with Crippen molar-refractivity contribution in [3.63, 3.8) is 0 Å². The van der Waals surface area contributed by atoms with Gasteiger partial charge in [-0.25, -0.2) is 13.2 Å². The minimum absolute atomic E-state index is 0.00580. The van der Waals surface area contributed by atoms with Gasteiger partial charge in [0.05, 0.1) is 19.5 Å². The maximum absolute atomic E-state index is 13.1. The minimum Gasteiger partial charge on any atom is -0.467 e. The molecule has 0 heterocycles. The fraction of sp³-hybridized carbons (Fsp3) is 0.667. The average molecular weight is 534 g/mol. The molecule has 1 aromatic rings. The molecule has 0 radical (unpaired) electrons. The molecule has 0 bridgehead atoms. The monoisotopic (exact) mass is 533 g/mol. The Hall–Kier alpha value is -1.66. The van der Waals surface area contributed by atoms with E-state index in [1.54, 1.807) is 6.26 Å². The molecule has 3 unspecified atom stereocenters. The Morgan fingerprint density at radius 1 is 1.17 bits per heavy atom. The van der Waals surface area contributed by atoms with Gasteiger partial charge in [-0.15, -0.1) is 0 Å². The van der Waals surface area contributed by atoms with Crippen molar-refractivity contribution in [3.8, 4) is 0 Å². The number of sulfone groups is 1. The van der Waals surface area contributed by atoms with E-state index in [1.165, 1.54) is 7.11 Å². The van der Waals surface area contributed by atoms with E-state index < -0.39 is 33.9 Å². The lowest BCUT2D eigenvalue weighted by Crippen LogP contribution is -2.49. The molecule has 202 valence electrons. The standard InChI is InChI=1S/C23H39N3O6S.CH4S/c1-5-17(2)20(25-13-12-24)16-32-21(15-18-9-7-6-8-10-18)22(27)26-19(23(28)31-3)11-14-33(4,29)30;1-2/h6-10,17,19-21,25H,5,11-16,24H2,1-4H3,(H,26,27);2H,1H3/t17?,19?,20?,21-;/m0./s1. The van der Waals surface area contributed by atoms with Gasteiger partial charge in [-0.3, -0.25) is 4.79 Å². The second kappa shape index (κ2) is 18.6. The van der Waals surface area contributed by atoms with Crippen LogP contribution in [0.3, 0.4) is 0 Å². The molecule has 4 atom stereocenters. The highest BCUT2D eigenvalue weighted by Gasteiger charge is 2.29. The molecule has 1 rings (SSSR count). The maximum atomic E-state index is 13.1. The van der Waals surface area contributed by atoms with Crippen LogP contribution in [-0.4, -0.2) is 83.6 Å². The van der Waals surface area contributed by atoms with E-state index in [1.807, 2.05) is 30.3 Å². The first-order valence-corrected chi connectivity index (χ1v) is 14.7. The van der Waals surface area contributed by atoms with Crippen LogP contribution >= 0.6 is 12.6 Å². The zero-order valence-corrected chi connectivity index (χ0v) is 23.2. The second-order valence-corrected chi connectivity index (χ2v) is 10.5. The number of hydrogen-bond donors (Lipinski definition) is 4. The SMILES string of the molecule is CCC(C)C(CO[C@@H](Cc1ccccc1)C(=O)NC(CCS(C)(=O)=O)C(=O)OC)NCCN.CS. The van der Waals surface area contributed by atoms with Crippen molar-refractivity contribution >= 4 is 34.3 Å². The first kappa shape index (κ1) is 33.3. The Morgan fingerprint density at radius 3 is 2.31 bits per heavy atom. The molecule has 0 saturated carbocycles. The average Bonchev–Trinajstić information content (AvgIpc) is 2.85. The fourth-order valence-electron chi connectivity index (χ4n) is 3.24. The van der Waals surface area contributed by atoms with Crippen molar-refractivity contribution < 1.29 is 27.5 Å². The zero-order chi connectivity index (χ0) is 26.9. The Bertz CT molecular complexity index is 824. The van der Waals surface area contributed by atoms with Gasteiger partial charge in [0.1, 0.15) is 22.0 Å². The van der Waals surface area contributed by atoms with Gasteiger partial charge in [0.2, 0.25) is 5.91 Å². The van der Waals surface area contributed by atoms with Crippen molar-refractivity contribution in [2.24, 2.45) is 11.7 Å². The maximum Gasteiger partial charge on any atom is 0.328 e. The van der Waals surface area contributed by atoms with E-state index >= 15 is 0 Å². The lowest BCUT2D eigenvalue weighted by atomic mass is 9.99. The normalized spacial score (nSPS) is 14.6. The van der Waals surface area contributed by atoms with Crippen LogP contribution < -0.4 is 16.4 Å². The molecule has 1 aromatic carbocycles. The van der Waals surface area contributed by atoms with Crippen LogP contribution in [0, 0.1) is 5.92 Å². The Balaban J connectivity index is 0.00000562. The molecular weight excluding hydrogens is 490 g/mol. The number of amides is 1. The Morgan fingerprint density at radius 2 is 1.80 bits per heavy atom. The summed E-state index contributed by atoms with van der Waals surface area (Å²) in [4.78, 5) is 25.3. The summed E-state index contributed by atoms with van der Waals surface area (Å²) in [5, 5.41) is 5.99. The molecule has 0 aliphatic carbocycles. The first-order chi connectivity index (χ1) is 16.6. The van der Waals surface area contributed by atoms with Gasteiger partial charge in [0.25, 0.3) is 0 Å². The summed E-state index contributed by atoms with van der Waals surface area (Å²) in [6.07, 6.45) is 3.05. The predicted octanol–water partition coefficient (Wildman–Crippen LogP) is 1.22. The topological polar surface area (TPSA) is 137 Å². The Kier molecular flexibility index (Phi) is 17.7.